The largest absolute Gasteiger partial charge is 0.369 e. The van der Waals surface area contributed by atoms with Crippen molar-refractivity contribution in [2.75, 3.05) is 38.1 Å². The molecule has 1 amide bonds. The standard InChI is InChI=1S/C24H30N6O2/c1-18(2)30-24(32)29(17-26-30)21-11-9-20(10-12-21)27-13-15-28(16-14-27)22(23(31)25-3)19-7-5-4-6-8-19/h4-12,17-18,22H,13-16H2,1-3H3,(H,25,31). The van der Waals surface area contributed by atoms with E-state index in [4.69, 9.17) is 0 Å². The van der Waals surface area contributed by atoms with Gasteiger partial charge in [0.15, 0.2) is 0 Å². The van der Waals surface area contributed by atoms with E-state index in [0.717, 1.165) is 43.1 Å². The van der Waals surface area contributed by atoms with Gasteiger partial charge in [-0.1, -0.05) is 30.3 Å². The number of hydrogen-bond donors (Lipinski definition) is 1. The first-order valence-corrected chi connectivity index (χ1v) is 11.0. The average molecular weight is 435 g/mol. The van der Waals surface area contributed by atoms with E-state index in [2.05, 4.69) is 20.2 Å². The maximum atomic E-state index is 12.6. The molecule has 1 saturated heterocycles. The predicted octanol–water partition coefficient (Wildman–Crippen LogP) is 2.22. The van der Waals surface area contributed by atoms with Gasteiger partial charge in [-0.15, -0.1) is 0 Å². The Kier molecular flexibility index (Phi) is 6.41. The second-order valence-electron chi connectivity index (χ2n) is 8.29. The molecule has 0 spiro atoms. The van der Waals surface area contributed by atoms with Gasteiger partial charge in [-0.05, 0) is 43.7 Å². The van der Waals surface area contributed by atoms with E-state index in [0.29, 0.717) is 0 Å². The summed E-state index contributed by atoms with van der Waals surface area (Å²) in [5.41, 5.74) is 2.78. The molecule has 8 heteroatoms. The smallest absolute Gasteiger partial charge is 0.350 e. The van der Waals surface area contributed by atoms with Crippen LogP contribution in [0.4, 0.5) is 5.69 Å². The van der Waals surface area contributed by atoms with Crippen molar-refractivity contribution in [1.82, 2.24) is 24.6 Å². The zero-order valence-corrected chi connectivity index (χ0v) is 18.8. The minimum absolute atomic E-state index is 0.0152. The second kappa shape index (κ2) is 9.40. The van der Waals surface area contributed by atoms with E-state index in [1.54, 1.807) is 17.9 Å². The summed E-state index contributed by atoms with van der Waals surface area (Å²) in [4.78, 5) is 29.7. The van der Waals surface area contributed by atoms with Gasteiger partial charge in [0, 0.05) is 38.9 Å². The van der Waals surface area contributed by atoms with Crippen molar-refractivity contribution in [3.8, 4) is 5.69 Å². The van der Waals surface area contributed by atoms with Gasteiger partial charge in [-0.3, -0.25) is 9.69 Å². The summed E-state index contributed by atoms with van der Waals surface area (Å²) in [6, 6.07) is 17.6. The molecule has 2 heterocycles. The molecule has 1 aliphatic heterocycles. The van der Waals surface area contributed by atoms with Gasteiger partial charge >= 0.3 is 5.69 Å². The lowest BCUT2D eigenvalue weighted by Crippen LogP contribution is -2.50. The van der Waals surface area contributed by atoms with Crippen LogP contribution in [0.1, 0.15) is 31.5 Å². The zero-order chi connectivity index (χ0) is 22.7. The number of nitrogens with one attached hydrogen (secondary N) is 1. The van der Waals surface area contributed by atoms with Gasteiger partial charge in [0.25, 0.3) is 0 Å². The van der Waals surface area contributed by atoms with Crippen LogP contribution >= 0.6 is 0 Å². The summed E-state index contributed by atoms with van der Waals surface area (Å²) in [5.74, 6) is 0.0152. The molecule has 3 aromatic rings. The monoisotopic (exact) mass is 434 g/mol. The number of nitrogens with zero attached hydrogens (tertiary/aromatic N) is 5. The van der Waals surface area contributed by atoms with Gasteiger partial charge in [0.2, 0.25) is 5.91 Å². The van der Waals surface area contributed by atoms with Crippen molar-refractivity contribution < 1.29 is 4.79 Å². The molecule has 1 fully saturated rings. The van der Waals surface area contributed by atoms with Crippen molar-refractivity contribution in [2.45, 2.75) is 25.9 Å². The molecule has 168 valence electrons. The molecule has 1 aromatic heterocycles. The first-order valence-electron chi connectivity index (χ1n) is 11.0. The molecule has 4 rings (SSSR count). The highest BCUT2D eigenvalue weighted by Gasteiger charge is 2.29. The van der Waals surface area contributed by atoms with Crippen molar-refractivity contribution in [2.24, 2.45) is 0 Å². The molecule has 0 aliphatic carbocycles. The van der Waals surface area contributed by atoms with Crippen molar-refractivity contribution >= 4 is 11.6 Å². The summed E-state index contributed by atoms with van der Waals surface area (Å²) < 4.78 is 3.04. The molecule has 0 radical (unpaired) electrons. The molecular weight excluding hydrogens is 404 g/mol. The van der Waals surface area contributed by atoms with Gasteiger partial charge in [0.1, 0.15) is 12.4 Å². The van der Waals surface area contributed by atoms with Gasteiger partial charge in [0.05, 0.1) is 11.7 Å². The Labute approximate surface area is 188 Å². The number of carbonyl (C=O) groups is 1. The topological polar surface area (TPSA) is 75.4 Å². The number of aromatic nitrogens is 3. The third kappa shape index (κ3) is 4.31. The summed E-state index contributed by atoms with van der Waals surface area (Å²) >= 11 is 0. The minimum Gasteiger partial charge on any atom is -0.369 e. The lowest BCUT2D eigenvalue weighted by Gasteiger charge is -2.39. The Morgan fingerprint density at radius 1 is 0.938 bits per heavy atom. The highest BCUT2D eigenvalue weighted by molar-refractivity contribution is 5.83. The summed E-state index contributed by atoms with van der Waals surface area (Å²) in [7, 11) is 1.69. The van der Waals surface area contributed by atoms with E-state index in [-0.39, 0.29) is 23.7 Å². The van der Waals surface area contributed by atoms with Crippen molar-refractivity contribution in [3.05, 3.63) is 77.0 Å². The Morgan fingerprint density at radius 3 is 2.12 bits per heavy atom. The van der Waals surface area contributed by atoms with Crippen LogP contribution < -0.4 is 15.9 Å². The van der Waals surface area contributed by atoms with Crippen molar-refractivity contribution in [1.29, 1.82) is 0 Å². The quantitative estimate of drug-likeness (QED) is 0.644. The number of amides is 1. The fraction of sp³-hybridized carbons (Fsp3) is 0.375. The van der Waals surface area contributed by atoms with Crippen LogP contribution in [-0.2, 0) is 4.79 Å². The van der Waals surface area contributed by atoms with E-state index in [1.165, 1.54) is 4.68 Å². The van der Waals surface area contributed by atoms with Crippen LogP contribution in [0.5, 0.6) is 0 Å². The average Bonchev–Trinajstić information content (AvgIpc) is 3.22. The van der Waals surface area contributed by atoms with Gasteiger partial charge < -0.3 is 10.2 Å². The fourth-order valence-electron chi connectivity index (χ4n) is 4.21. The van der Waals surface area contributed by atoms with Gasteiger partial charge in [-0.25, -0.2) is 14.0 Å². The molecule has 0 saturated carbocycles. The molecule has 1 N–H and O–H groups in total. The number of hydrogen-bond acceptors (Lipinski definition) is 5. The normalized spacial score (nSPS) is 15.7. The number of rotatable bonds is 6. The van der Waals surface area contributed by atoms with Crippen LogP contribution in [-0.4, -0.2) is 58.4 Å². The van der Waals surface area contributed by atoms with Crippen LogP contribution in [0, 0.1) is 0 Å². The van der Waals surface area contributed by atoms with E-state index in [1.807, 2.05) is 68.4 Å². The molecule has 1 atom stereocenters. The number of benzene rings is 2. The van der Waals surface area contributed by atoms with Crippen LogP contribution in [0.15, 0.2) is 65.7 Å². The fourth-order valence-corrected chi connectivity index (χ4v) is 4.21. The maximum absolute atomic E-state index is 12.6. The summed E-state index contributed by atoms with van der Waals surface area (Å²) in [6.07, 6.45) is 1.57. The van der Waals surface area contributed by atoms with Gasteiger partial charge in [-0.2, -0.15) is 5.10 Å². The third-order valence-electron chi connectivity index (χ3n) is 5.97. The van der Waals surface area contributed by atoms with Crippen LogP contribution in [0.2, 0.25) is 0 Å². The molecule has 0 bridgehead atoms. The number of piperazine rings is 1. The molecule has 32 heavy (non-hydrogen) atoms. The number of carbonyl (C=O) groups excluding carboxylic acids is 1. The molecule has 2 aromatic carbocycles. The molecule has 8 nitrogen and oxygen atoms in total. The van der Waals surface area contributed by atoms with Crippen LogP contribution in [0.25, 0.3) is 5.69 Å². The number of likely N-dealkylation sites (N-methyl/N-ethyl adjacent to an activating group) is 1. The molecular formula is C24H30N6O2. The van der Waals surface area contributed by atoms with E-state index in [9.17, 15) is 9.59 Å². The Hall–Kier alpha value is -3.39. The maximum Gasteiger partial charge on any atom is 0.350 e. The second-order valence-corrected chi connectivity index (χ2v) is 8.29. The third-order valence-corrected chi connectivity index (χ3v) is 5.97. The van der Waals surface area contributed by atoms with Crippen molar-refractivity contribution in [3.63, 3.8) is 0 Å². The summed E-state index contributed by atoms with van der Waals surface area (Å²) in [6.45, 7) is 7.10. The highest BCUT2D eigenvalue weighted by atomic mass is 16.2. The van der Waals surface area contributed by atoms with E-state index >= 15 is 0 Å². The lowest BCUT2D eigenvalue weighted by molar-refractivity contribution is -0.126. The Balaban J connectivity index is 1.45. The highest BCUT2D eigenvalue weighted by Crippen LogP contribution is 2.25. The molecule has 1 aliphatic rings. The zero-order valence-electron chi connectivity index (χ0n) is 18.8. The first kappa shape index (κ1) is 21.8. The SMILES string of the molecule is CNC(=O)C(c1ccccc1)N1CCN(c2ccc(-n3cnn(C(C)C)c3=O)cc2)CC1. The van der Waals surface area contributed by atoms with E-state index < -0.39 is 0 Å². The Bertz CT molecular complexity index is 1100. The summed E-state index contributed by atoms with van der Waals surface area (Å²) in [5, 5.41) is 7.00. The Morgan fingerprint density at radius 2 is 1.56 bits per heavy atom. The number of anilines is 1. The predicted molar refractivity (Wildman–Crippen MR) is 125 cm³/mol. The molecule has 1 unspecified atom stereocenters. The van der Waals surface area contributed by atoms with Crippen LogP contribution in [0.3, 0.4) is 0 Å². The lowest BCUT2D eigenvalue weighted by atomic mass is 10.0. The first-order chi connectivity index (χ1) is 15.5. The minimum atomic E-state index is -0.282.